The summed E-state index contributed by atoms with van der Waals surface area (Å²) < 4.78 is 0. The second kappa shape index (κ2) is 8.59. The molecule has 3 N–H and O–H groups in total. The molecule has 2 unspecified atom stereocenters. The molecular formula is C31H54O3. The molecule has 2 saturated carbocycles. The fourth-order valence-electron chi connectivity index (χ4n) is 10.0. The minimum atomic E-state index is -0.798. The average molecular weight is 475 g/mol. The molecule has 0 saturated heterocycles. The SMILES string of the molecule is CCC(O)CCC[C@@H](C)[C@H]1CC[C@@]2(C)C3=C(CC[C@]12C)[C@@]1(C)CC[C@H](O)C(C)(C)[C@@H]1CC3(C)O. The maximum atomic E-state index is 12.2. The molecule has 9 atom stereocenters. The van der Waals surface area contributed by atoms with Crippen molar-refractivity contribution in [2.24, 2.45) is 39.4 Å². The first-order chi connectivity index (χ1) is 15.6. The van der Waals surface area contributed by atoms with Crippen molar-refractivity contribution in [3.05, 3.63) is 11.1 Å². The van der Waals surface area contributed by atoms with Crippen LogP contribution in [0.2, 0.25) is 0 Å². The van der Waals surface area contributed by atoms with Gasteiger partial charge < -0.3 is 15.3 Å². The Bertz CT molecular complexity index is 811. The number of hydrogen-bond donors (Lipinski definition) is 3. The minimum Gasteiger partial charge on any atom is -0.393 e. The Balaban J connectivity index is 1.68. The first-order valence-corrected chi connectivity index (χ1v) is 14.5. The summed E-state index contributed by atoms with van der Waals surface area (Å²) in [5.74, 6) is 1.64. The zero-order valence-corrected chi connectivity index (χ0v) is 23.5. The molecule has 0 aromatic heterocycles. The quantitative estimate of drug-likeness (QED) is 0.362. The van der Waals surface area contributed by atoms with Gasteiger partial charge in [0, 0.05) is 0 Å². The third kappa shape index (κ3) is 3.69. The van der Waals surface area contributed by atoms with Crippen molar-refractivity contribution in [1.82, 2.24) is 0 Å². The molecule has 4 rings (SSSR count). The maximum Gasteiger partial charge on any atom is 0.0840 e. The molecule has 0 heterocycles. The van der Waals surface area contributed by atoms with E-state index in [9.17, 15) is 15.3 Å². The third-order valence-corrected chi connectivity index (χ3v) is 12.4. The first kappa shape index (κ1) is 26.7. The van der Waals surface area contributed by atoms with Gasteiger partial charge in [-0.15, -0.1) is 0 Å². The third-order valence-electron chi connectivity index (χ3n) is 12.4. The monoisotopic (exact) mass is 474 g/mol. The van der Waals surface area contributed by atoms with Gasteiger partial charge in [0.05, 0.1) is 17.8 Å². The van der Waals surface area contributed by atoms with Crippen molar-refractivity contribution >= 4 is 0 Å². The van der Waals surface area contributed by atoms with Crippen LogP contribution in [0.25, 0.3) is 0 Å². The molecule has 0 aromatic carbocycles. The van der Waals surface area contributed by atoms with Crippen LogP contribution < -0.4 is 0 Å². The number of aliphatic hydroxyl groups is 3. The molecule has 2 fully saturated rings. The van der Waals surface area contributed by atoms with Crippen molar-refractivity contribution in [2.75, 3.05) is 0 Å². The van der Waals surface area contributed by atoms with Gasteiger partial charge in [-0.1, -0.05) is 66.9 Å². The summed E-state index contributed by atoms with van der Waals surface area (Å²) in [6.45, 7) is 18.6. The van der Waals surface area contributed by atoms with Crippen molar-refractivity contribution in [3.63, 3.8) is 0 Å². The van der Waals surface area contributed by atoms with Gasteiger partial charge in [-0.2, -0.15) is 0 Å². The van der Waals surface area contributed by atoms with Crippen LogP contribution in [0.15, 0.2) is 11.1 Å². The highest BCUT2D eigenvalue weighted by Gasteiger charge is 2.67. The molecule has 0 amide bonds. The summed E-state index contributed by atoms with van der Waals surface area (Å²) in [4.78, 5) is 0. The highest BCUT2D eigenvalue weighted by Crippen LogP contribution is 2.74. The molecule has 0 radical (unpaired) electrons. The largest absolute Gasteiger partial charge is 0.393 e. The van der Waals surface area contributed by atoms with Crippen molar-refractivity contribution in [1.29, 1.82) is 0 Å². The topological polar surface area (TPSA) is 60.7 Å². The Morgan fingerprint density at radius 2 is 1.65 bits per heavy atom. The zero-order valence-electron chi connectivity index (χ0n) is 23.5. The molecule has 196 valence electrons. The lowest BCUT2D eigenvalue weighted by Crippen LogP contribution is -2.60. The lowest BCUT2D eigenvalue weighted by Gasteiger charge is -2.65. The summed E-state index contributed by atoms with van der Waals surface area (Å²) in [5.41, 5.74) is 2.33. The molecule has 0 aliphatic heterocycles. The smallest absolute Gasteiger partial charge is 0.0840 e. The van der Waals surface area contributed by atoms with E-state index in [2.05, 4.69) is 55.4 Å². The van der Waals surface area contributed by atoms with Crippen molar-refractivity contribution in [2.45, 2.75) is 144 Å². The van der Waals surface area contributed by atoms with E-state index in [1.807, 2.05) is 0 Å². The summed E-state index contributed by atoms with van der Waals surface area (Å²) in [6, 6.07) is 0. The highest BCUT2D eigenvalue weighted by atomic mass is 16.3. The Labute approximate surface area is 209 Å². The number of aliphatic hydroxyl groups excluding tert-OH is 2. The van der Waals surface area contributed by atoms with E-state index in [1.165, 1.54) is 31.3 Å². The number of rotatable bonds is 6. The summed E-state index contributed by atoms with van der Waals surface area (Å²) in [6.07, 6.45) is 11.1. The molecule has 3 heteroatoms. The van der Waals surface area contributed by atoms with Crippen molar-refractivity contribution < 1.29 is 15.3 Å². The van der Waals surface area contributed by atoms with Crippen LogP contribution in [0.1, 0.15) is 126 Å². The van der Waals surface area contributed by atoms with Crippen LogP contribution in [-0.2, 0) is 0 Å². The Morgan fingerprint density at radius 1 is 0.971 bits per heavy atom. The number of fused-ring (bicyclic) bond motifs is 4. The van der Waals surface area contributed by atoms with Gasteiger partial charge in [0.2, 0.25) is 0 Å². The van der Waals surface area contributed by atoms with E-state index >= 15 is 0 Å². The van der Waals surface area contributed by atoms with Gasteiger partial charge in [0.15, 0.2) is 0 Å². The molecule has 4 aliphatic rings. The average Bonchev–Trinajstić information content (AvgIpc) is 3.03. The molecule has 0 bridgehead atoms. The lowest BCUT2D eigenvalue weighted by molar-refractivity contribution is -0.131. The Hall–Kier alpha value is -0.380. The maximum absolute atomic E-state index is 12.2. The van der Waals surface area contributed by atoms with E-state index in [1.54, 1.807) is 5.57 Å². The normalized spacial score (nSPS) is 47.6. The van der Waals surface area contributed by atoms with Gasteiger partial charge in [0.25, 0.3) is 0 Å². The van der Waals surface area contributed by atoms with E-state index in [0.29, 0.717) is 17.8 Å². The van der Waals surface area contributed by atoms with Crippen molar-refractivity contribution in [3.8, 4) is 0 Å². The van der Waals surface area contributed by atoms with Gasteiger partial charge in [-0.25, -0.2) is 0 Å². The van der Waals surface area contributed by atoms with Crippen LogP contribution in [0, 0.1) is 39.4 Å². The predicted molar refractivity (Wildman–Crippen MR) is 140 cm³/mol. The lowest BCUT2D eigenvalue weighted by atomic mass is 9.41. The molecule has 0 spiro atoms. The van der Waals surface area contributed by atoms with E-state index in [4.69, 9.17) is 0 Å². The molecule has 4 aliphatic carbocycles. The fraction of sp³-hybridized carbons (Fsp3) is 0.935. The van der Waals surface area contributed by atoms with Gasteiger partial charge in [-0.05, 0) is 110 Å². The Morgan fingerprint density at radius 3 is 2.29 bits per heavy atom. The van der Waals surface area contributed by atoms with Gasteiger partial charge in [0.1, 0.15) is 0 Å². The fourth-order valence-corrected chi connectivity index (χ4v) is 10.0. The van der Waals surface area contributed by atoms with E-state index in [-0.39, 0.29) is 33.9 Å². The summed E-state index contributed by atoms with van der Waals surface area (Å²) in [7, 11) is 0. The first-order valence-electron chi connectivity index (χ1n) is 14.5. The van der Waals surface area contributed by atoms with Gasteiger partial charge >= 0.3 is 0 Å². The van der Waals surface area contributed by atoms with E-state index < -0.39 is 5.60 Å². The summed E-state index contributed by atoms with van der Waals surface area (Å²) >= 11 is 0. The number of allylic oxidation sites excluding steroid dienone is 1. The second-order valence-corrected chi connectivity index (χ2v) is 14.5. The van der Waals surface area contributed by atoms with Crippen LogP contribution >= 0.6 is 0 Å². The second-order valence-electron chi connectivity index (χ2n) is 14.5. The predicted octanol–water partition coefficient (Wildman–Crippen LogP) is 7.03. The molecular weight excluding hydrogens is 420 g/mol. The van der Waals surface area contributed by atoms with Crippen LogP contribution in [0.4, 0.5) is 0 Å². The van der Waals surface area contributed by atoms with Crippen LogP contribution in [0.3, 0.4) is 0 Å². The molecule has 0 aromatic rings. The van der Waals surface area contributed by atoms with Crippen LogP contribution in [-0.4, -0.2) is 33.1 Å². The molecule has 3 nitrogen and oxygen atoms in total. The van der Waals surface area contributed by atoms with Crippen LogP contribution in [0.5, 0.6) is 0 Å². The minimum absolute atomic E-state index is 0.0418. The highest BCUT2D eigenvalue weighted by molar-refractivity contribution is 5.44. The molecule has 34 heavy (non-hydrogen) atoms. The summed E-state index contributed by atoms with van der Waals surface area (Å²) in [5, 5.41) is 33.1. The standard InChI is InChI=1S/C31H54O3/c1-9-21(32)12-10-11-20(2)22-13-18-30(7)26-23(14-17-29(22,30)6)28(5)16-15-25(33)27(3,4)24(28)19-31(26,8)34/h20-22,24-25,32-34H,9-19H2,1-8H3/t20-,21?,22-,24+,25+,28-,29-,30+,31?/m1/s1. The Kier molecular flexibility index (Phi) is 6.74. The van der Waals surface area contributed by atoms with Gasteiger partial charge in [-0.3, -0.25) is 0 Å². The zero-order chi connectivity index (χ0) is 25.3. The van der Waals surface area contributed by atoms with E-state index in [0.717, 1.165) is 44.9 Å². The number of hydrogen-bond acceptors (Lipinski definition) is 3.